The fourth-order valence-corrected chi connectivity index (χ4v) is 4.89. The number of carboxylic acids is 1. The van der Waals surface area contributed by atoms with Crippen molar-refractivity contribution in [1.82, 2.24) is 4.90 Å². The predicted molar refractivity (Wildman–Crippen MR) is 119 cm³/mol. The van der Waals surface area contributed by atoms with Crippen LogP contribution in [0.1, 0.15) is 24.5 Å². The Bertz CT molecular complexity index is 1280. The van der Waals surface area contributed by atoms with Crippen LogP contribution in [-0.4, -0.2) is 39.1 Å². The van der Waals surface area contributed by atoms with Crippen molar-refractivity contribution in [2.24, 2.45) is 5.92 Å². The molecule has 7 heteroatoms. The maximum absolute atomic E-state index is 12.5. The Labute approximate surface area is 185 Å². The minimum Gasteiger partial charge on any atom is -0.477 e. The Hall–Kier alpha value is -3.71. The second-order valence-electron chi connectivity index (χ2n) is 8.58. The van der Waals surface area contributed by atoms with Gasteiger partial charge in [-0.15, -0.1) is 0 Å². The van der Waals surface area contributed by atoms with Crippen molar-refractivity contribution in [2.45, 2.75) is 32.0 Å². The SMILES string of the molecule is C[C@@H](O)[C@H]1C(=O)N2C(C(=O)O)=C(c3ccc4cc(C[n+]5ccc(N)cc5)ccc4c3)C[C@H]12. The summed E-state index contributed by atoms with van der Waals surface area (Å²) in [6.07, 6.45) is 3.51. The third kappa shape index (κ3) is 3.22. The van der Waals surface area contributed by atoms with Crippen molar-refractivity contribution in [3.05, 3.63) is 77.7 Å². The number of carbonyl (C=O) groups is 2. The zero-order valence-corrected chi connectivity index (χ0v) is 17.6. The average Bonchev–Trinajstić information content (AvgIpc) is 3.10. The highest BCUT2D eigenvalue weighted by atomic mass is 16.4. The minimum atomic E-state index is -1.11. The Morgan fingerprint density at radius 2 is 1.84 bits per heavy atom. The molecule has 1 saturated heterocycles. The molecule has 3 heterocycles. The number of rotatable bonds is 5. The molecule has 1 fully saturated rings. The maximum atomic E-state index is 12.5. The number of hydrogen-bond donors (Lipinski definition) is 3. The Kier molecular flexibility index (Phi) is 4.71. The molecule has 0 radical (unpaired) electrons. The van der Waals surface area contributed by atoms with E-state index in [1.54, 1.807) is 6.92 Å². The molecule has 2 aliphatic rings. The number of aromatic nitrogens is 1. The number of aliphatic hydroxyl groups is 1. The van der Waals surface area contributed by atoms with Crippen LogP contribution < -0.4 is 10.3 Å². The molecule has 2 aromatic carbocycles. The first-order valence-corrected chi connectivity index (χ1v) is 10.6. The van der Waals surface area contributed by atoms with Crippen molar-refractivity contribution >= 4 is 33.9 Å². The van der Waals surface area contributed by atoms with Gasteiger partial charge in [-0.3, -0.25) is 4.79 Å². The van der Waals surface area contributed by atoms with E-state index in [0.717, 1.165) is 27.6 Å². The average molecular weight is 430 g/mol. The van der Waals surface area contributed by atoms with E-state index in [-0.39, 0.29) is 17.6 Å². The number of pyridine rings is 1. The number of hydrogen-bond acceptors (Lipinski definition) is 4. The summed E-state index contributed by atoms with van der Waals surface area (Å²) in [6.45, 7) is 2.29. The molecule has 32 heavy (non-hydrogen) atoms. The number of nitrogen functional groups attached to an aromatic ring is 1. The summed E-state index contributed by atoms with van der Waals surface area (Å²) >= 11 is 0. The number of aliphatic carboxylic acids is 1. The van der Waals surface area contributed by atoms with E-state index in [0.29, 0.717) is 18.5 Å². The number of β-lactam (4-membered cyclic amide) rings is 1. The van der Waals surface area contributed by atoms with E-state index < -0.39 is 18.0 Å². The molecule has 162 valence electrons. The molecule has 0 unspecified atom stereocenters. The first kappa shape index (κ1) is 20.2. The van der Waals surface area contributed by atoms with Crippen molar-refractivity contribution in [1.29, 1.82) is 0 Å². The van der Waals surface area contributed by atoms with Gasteiger partial charge in [0.2, 0.25) is 5.91 Å². The lowest BCUT2D eigenvalue weighted by Crippen LogP contribution is -2.61. The zero-order valence-electron chi connectivity index (χ0n) is 17.6. The summed E-state index contributed by atoms with van der Waals surface area (Å²) in [5.41, 5.74) is 9.08. The number of anilines is 1. The van der Waals surface area contributed by atoms with Gasteiger partial charge in [0, 0.05) is 23.4 Å². The highest BCUT2D eigenvalue weighted by molar-refractivity contribution is 6.06. The van der Waals surface area contributed by atoms with E-state index in [1.807, 2.05) is 53.4 Å². The third-order valence-corrected chi connectivity index (χ3v) is 6.47. The van der Waals surface area contributed by atoms with E-state index >= 15 is 0 Å². The lowest BCUT2D eigenvalue weighted by molar-refractivity contribution is -0.688. The van der Waals surface area contributed by atoms with Crippen LogP contribution in [0.15, 0.2) is 66.6 Å². The minimum absolute atomic E-state index is 0.0348. The lowest BCUT2D eigenvalue weighted by atomic mass is 9.82. The molecular weight excluding hydrogens is 406 g/mol. The van der Waals surface area contributed by atoms with Gasteiger partial charge in [-0.1, -0.05) is 24.3 Å². The number of nitrogens with two attached hydrogens (primary N) is 1. The van der Waals surface area contributed by atoms with Crippen molar-refractivity contribution in [2.75, 3.05) is 5.73 Å². The monoisotopic (exact) mass is 430 g/mol. The van der Waals surface area contributed by atoms with Gasteiger partial charge in [-0.05, 0) is 47.4 Å². The predicted octanol–water partition coefficient (Wildman–Crippen LogP) is 2.16. The molecule has 5 rings (SSSR count). The Balaban J connectivity index is 1.46. The van der Waals surface area contributed by atoms with Crippen LogP contribution in [-0.2, 0) is 16.1 Å². The number of carboxylic acid groups (broad SMARTS) is 1. The molecule has 0 bridgehead atoms. The van der Waals surface area contributed by atoms with Gasteiger partial charge < -0.3 is 20.8 Å². The number of carbonyl (C=O) groups excluding carboxylic acids is 1. The van der Waals surface area contributed by atoms with Gasteiger partial charge >= 0.3 is 5.97 Å². The van der Waals surface area contributed by atoms with E-state index in [2.05, 4.69) is 12.1 Å². The fourth-order valence-electron chi connectivity index (χ4n) is 4.89. The standard InChI is InChI=1S/C25H23N3O4/c1-14(29)22-21-12-20(23(25(31)32)28(21)24(22)30)18-5-4-16-10-15(2-3-17(16)11-18)13-27-8-6-19(26)7-9-27/h2-11,14,21-22,26,29H,12-13H2,1H3,(H,31,32)/p+1/t14-,21-,22-/m1/s1. The van der Waals surface area contributed by atoms with Gasteiger partial charge in [0.1, 0.15) is 5.70 Å². The summed E-state index contributed by atoms with van der Waals surface area (Å²) in [5, 5.41) is 21.8. The van der Waals surface area contributed by atoms with E-state index in [9.17, 15) is 19.8 Å². The molecule has 7 nitrogen and oxygen atoms in total. The second-order valence-corrected chi connectivity index (χ2v) is 8.58. The summed E-state index contributed by atoms with van der Waals surface area (Å²) in [4.78, 5) is 25.8. The molecule has 0 aliphatic carbocycles. The highest BCUT2D eigenvalue weighted by Crippen LogP contribution is 2.47. The normalized spacial score (nSPS) is 20.9. The number of amides is 1. The Morgan fingerprint density at radius 3 is 2.53 bits per heavy atom. The van der Waals surface area contributed by atoms with Gasteiger partial charge in [0.25, 0.3) is 0 Å². The largest absolute Gasteiger partial charge is 0.477 e. The molecule has 4 N–H and O–H groups in total. The van der Waals surface area contributed by atoms with Crippen LogP contribution in [0.3, 0.4) is 0 Å². The second kappa shape index (κ2) is 7.46. The Morgan fingerprint density at radius 1 is 1.16 bits per heavy atom. The number of aliphatic hydroxyl groups excluding tert-OH is 1. The van der Waals surface area contributed by atoms with Crippen molar-refractivity contribution in [3.63, 3.8) is 0 Å². The summed E-state index contributed by atoms with van der Waals surface area (Å²) in [6, 6.07) is 15.5. The molecule has 1 aromatic heterocycles. The highest BCUT2D eigenvalue weighted by Gasteiger charge is 2.56. The number of benzene rings is 2. The van der Waals surface area contributed by atoms with Crippen molar-refractivity contribution in [3.8, 4) is 0 Å². The summed E-state index contributed by atoms with van der Waals surface area (Å²) < 4.78 is 2.05. The van der Waals surface area contributed by atoms with Crippen LogP contribution >= 0.6 is 0 Å². The van der Waals surface area contributed by atoms with Crippen LogP contribution in [0.5, 0.6) is 0 Å². The van der Waals surface area contributed by atoms with Gasteiger partial charge in [0.05, 0.1) is 18.1 Å². The van der Waals surface area contributed by atoms with Crippen LogP contribution in [0, 0.1) is 5.92 Å². The fraction of sp³-hybridized carbons (Fsp3) is 0.240. The van der Waals surface area contributed by atoms with Crippen LogP contribution in [0.4, 0.5) is 5.69 Å². The van der Waals surface area contributed by atoms with Crippen LogP contribution in [0.25, 0.3) is 16.3 Å². The zero-order chi connectivity index (χ0) is 22.6. The molecule has 3 atom stereocenters. The quantitative estimate of drug-likeness (QED) is 0.425. The first-order valence-electron chi connectivity index (χ1n) is 10.6. The van der Waals surface area contributed by atoms with Gasteiger partial charge in [-0.25, -0.2) is 9.36 Å². The van der Waals surface area contributed by atoms with Gasteiger partial charge in [-0.2, -0.15) is 0 Å². The summed E-state index contributed by atoms with van der Waals surface area (Å²) in [5.74, 6) is -1.98. The molecular formula is C25H24N3O4+. The lowest BCUT2D eigenvalue weighted by Gasteiger charge is -2.44. The molecule has 0 saturated carbocycles. The number of fused-ring (bicyclic) bond motifs is 2. The maximum Gasteiger partial charge on any atom is 0.352 e. The van der Waals surface area contributed by atoms with Crippen molar-refractivity contribution < 1.29 is 24.4 Å². The third-order valence-electron chi connectivity index (χ3n) is 6.47. The van der Waals surface area contributed by atoms with E-state index in [1.165, 1.54) is 4.90 Å². The van der Waals surface area contributed by atoms with E-state index in [4.69, 9.17) is 5.73 Å². The van der Waals surface area contributed by atoms with Crippen LogP contribution in [0.2, 0.25) is 0 Å². The number of nitrogens with zero attached hydrogens (tertiary/aromatic N) is 2. The summed E-state index contributed by atoms with van der Waals surface area (Å²) in [7, 11) is 0. The first-order chi connectivity index (χ1) is 15.3. The smallest absolute Gasteiger partial charge is 0.352 e. The molecule has 0 spiro atoms. The molecule has 1 amide bonds. The topological polar surface area (TPSA) is 108 Å². The molecule has 3 aromatic rings. The van der Waals surface area contributed by atoms with Gasteiger partial charge in [0.15, 0.2) is 18.9 Å². The molecule has 2 aliphatic heterocycles.